The third kappa shape index (κ3) is 4.49. The molecule has 0 unspecified atom stereocenters. The van der Waals surface area contributed by atoms with Gasteiger partial charge in [0, 0.05) is 12.5 Å². The van der Waals surface area contributed by atoms with Gasteiger partial charge in [-0.15, -0.1) is 0 Å². The van der Waals surface area contributed by atoms with E-state index in [-0.39, 0.29) is 17.9 Å². The van der Waals surface area contributed by atoms with Crippen LogP contribution in [0.4, 0.5) is 0 Å². The van der Waals surface area contributed by atoms with Gasteiger partial charge in [0.1, 0.15) is 0 Å². The summed E-state index contributed by atoms with van der Waals surface area (Å²) in [5.74, 6) is -0.238. The van der Waals surface area contributed by atoms with Gasteiger partial charge in [0.15, 0.2) is 0 Å². The van der Waals surface area contributed by atoms with Crippen LogP contribution in [0.15, 0.2) is 0 Å². The molecule has 19 heavy (non-hydrogen) atoms. The van der Waals surface area contributed by atoms with Crippen molar-refractivity contribution < 1.29 is 14.7 Å². The molecule has 2 rings (SSSR count). The maximum absolute atomic E-state index is 11.8. The summed E-state index contributed by atoms with van der Waals surface area (Å²) < 4.78 is 0. The number of aliphatic carboxylic acids is 1. The summed E-state index contributed by atoms with van der Waals surface area (Å²) in [4.78, 5) is 22.7. The van der Waals surface area contributed by atoms with E-state index in [1.54, 1.807) is 0 Å². The van der Waals surface area contributed by atoms with Gasteiger partial charge in [-0.05, 0) is 57.5 Å². The fourth-order valence-corrected chi connectivity index (χ4v) is 3.14. The van der Waals surface area contributed by atoms with Crippen molar-refractivity contribution in [3.63, 3.8) is 0 Å². The van der Waals surface area contributed by atoms with Gasteiger partial charge in [0.05, 0.1) is 5.92 Å². The monoisotopic (exact) mass is 268 g/mol. The predicted molar refractivity (Wildman–Crippen MR) is 71.7 cm³/mol. The fraction of sp³-hybridized carbons (Fsp3) is 0.857. The minimum absolute atomic E-state index is 0.0709. The van der Waals surface area contributed by atoms with Crippen LogP contribution in [-0.4, -0.2) is 36.1 Å². The number of hydrogen-bond donors (Lipinski definition) is 3. The number of carbonyl (C=O) groups excluding carboxylic acids is 1. The Bertz CT molecular complexity index is 327. The van der Waals surface area contributed by atoms with Crippen molar-refractivity contribution >= 4 is 11.9 Å². The van der Waals surface area contributed by atoms with Gasteiger partial charge in [-0.1, -0.05) is 0 Å². The topological polar surface area (TPSA) is 78.4 Å². The Balaban J connectivity index is 1.63. The Morgan fingerprint density at radius 3 is 2.53 bits per heavy atom. The number of hydrogen-bond acceptors (Lipinski definition) is 3. The lowest BCUT2D eigenvalue weighted by Crippen LogP contribution is -2.34. The molecule has 5 heteroatoms. The van der Waals surface area contributed by atoms with E-state index in [9.17, 15) is 9.59 Å². The second kappa shape index (κ2) is 6.89. The van der Waals surface area contributed by atoms with Gasteiger partial charge in [-0.3, -0.25) is 9.59 Å². The minimum atomic E-state index is -0.730. The van der Waals surface area contributed by atoms with Crippen LogP contribution in [0, 0.1) is 11.8 Å². The molecule has 0 aromatic rings. The first-order valence-corrected chi connectivity index (χ1v) is 7.38. The molecule has 0 radical (unpaired) electrons. The standard InChI is InChI=1S/C14H24N2O3/c17-13(4-1-10-5-7-15-8-6-10)16-12-3-2-11(9-12)14(18)19/h10-12,15H,1-9H2,(H,16,17)(H,18,19)/t11-,12+/m1/s1. The highest BCUT2D eigenvalue weighted by molar-refractivity contribution is 5.76. The maximum Gasteiger partial charge on any atom is 0.306 e. The number of carbonyl (C=O) groups is 2. The van der Waals surface area contributed by atoms with Crippen LogP contribution in [0.1, 0.15) is 44.9 Å². The molecule has 5 nitrogen and oxygen atoms in total. The first-order valence-electron chi connectivity index (χ1n) is 7.38. The highest BCUT2D eigenvalue weighted by Gasteiger charge is 2.30. The SMILES string of the molecule is O=C(CCC1CCNCC1)N[C@H]1CC[C@@H](C(=O)O)C1. The molecular formula is C14H24N2O3. The van der Waals surface area contributed by atoms with Crippen molar-refractivity contribution in [2.75, 3.05) is 13.1 Å². The van der Waals surface area contributed by atoms with Crippen molar-refractivity contribution in [3.8, 4) is 0 Å². The van der Waals surface area contributed by atoms with Crippen molar-refractivity contribution in [2.24, 2.45) is 11.8 Å². The normalized spacial score (nSPS) is 28.2. The molecular weight excluding hydrogens is 244 g/mol. The zero-order valence-corrected chi connectivity index (χ0v) is 11.4. The molecule has 0 aromatic heterocycles. The Kier molecular flexibility index (Phi) is 5.19. The Morgan fingerprint density at radius 1 is 1.16 bits per heavy atom. The molecule has 1 heterocycles. The third-order valence-corrected chi connectivity index (χ3v) is 4.39. The summed E-state index contributed by atoms with van der Waals surface area (Å²) >= 11 is 0. The summed E-state index contributed by atoms with van der Waals surface area (Å²) in [5.41, 5.74) is 0. The van der Waals surface area contributed by atoms with Crippen LogP contribution in [0.3, 0.4) is 0 Å². The molecule has 108 valence electrons. The molecule has 0 spiro atoms. The van der Waals surface area contributed by atoms with Gasteiger partial charge < -0.3 is 15.7 Å². The zero-order valence-electron chi connectivity index (χ0n) is 11.4. The van der Waals surface area contributed by atoms with E-state index in [2.05, 4.69) is 10.6 Å². The van der Waals surface area contributed by atoms with E-state index in [4.69, 9.17) is 5.11 Å². The lowest BCUT2D eigenvalue weighted by Gasteiger charge is -2.22. The van der Waals surface area contributed by atoms with Crippen LogP contribution >= 0.6 is 0 Å². The lowest BCUT2D eigenvalue weighted by molar-refractivity contribution is -0.141. The Labute approximate surface area is 114 Å². The largest absolute Gasteiger partial charge is 0.481 e. The molecule has 2 aliphatic rings. The van der Waals surface area contributed by atoms with Gasteiger partial charge in [-0.2, -0.15) is 0 Å². The summed E-state index contributed by atoms with van der Waals surface area (Å²) in [5, 5.41) is 15.2. The molecule has 0 bridgehead atoms. The number of carboxylic acids is 1. The highest BCUT2D eigenvalue weighted by Crippen LogP contribution is 2.26. The Morgan fingerprint density at radius 2 is 1.89 bits per heavy atom. The average molecular weight is 268 g/mol. The van der Waals surface area contributed by atoms with Crippen LogP contribution < -0.4 is 10.6 Å². The van der Waals surface area contributed by atoms with Gasteiger partial charge in [0.2, 0.25) is 5.91 Å². The van der Waals surface area contributed by atoms with E-state index in [0.29, 0.717) is 25.2 Å². The van der Waals surface area contributed by atoms with E-state index in [0.717, 1.165) is 38.8 Å². The van der Waals surface area contributed by atoms with Crippen molar-refractivity contribution in [1.29, 1.82) is 0 Å². The van der Waals surface area contributed by atoms with Gasteiger partial charge in [-0.25, -0.2) is 0 Å². The fourth-order valence-electron chi connectivity index (χ4n) is 3.14. The lowest BCUT2D eigenvalue weighted by atomic mass is 9.93. The first-order chi connectivity index (χ1) is 9.15. The molecule has 2 atom stereocenters. The smallest absolute Gasteiger partial charge is 0.306 e. The molecule has 1 aliphatic heterocycles. The molecule has 3 N–H and O–H groups in total. The number of carboxylic acid groups (broad SMARTS) is 1. The summed E-state index contributed by atoms with van der Waals surface area (Å²) in [6.45, 7) is 2.13. The summed E-state index contributed by atoms with van der Waals surface area (Å²) in [6, 6.07) is 0.0709. The van der Waals surface area contributed by atoms with Crippen molar-refractivity contribution in [3.05, 3.63) is 0 Å². The average Bonchev–Trinajstić information content (AvgIpc) is 2.86. The van der Waals surface area contributed by atoms with Gasteiger partial charge >= 0.3 is 5.97 Å². The number of piperidine rings is 1. The van der Waals surface area contributed by atoms with Crippen LogP contribution in [-0.2, 0) is 9.59 Å². The highest BCUT2D eigenvalue weighted by atomic mass is 16.4. The summed E-state index contributed by atoms with van der Waals surface area (Å²) in [6.07, 6.45) is 5.95. The van der Waals surface area contributed by atoms with Crippen molar-refractivity contribution in [2.45, 2.75) is 51.0 Å². The number of nitrogens with one attached hydrogen (secondary N) is 2. The van der Waals surface area contributed by atoms with E-state index in [1.807, 2.05) is 0 Å². The molecule has 1 saturated heterocycles. The van der Waals surface area contributed by atoms with Crippen molar-refractivity contribution in [1.82, 2.24) is 10.6 Å². The van der Waals surface area contributed by atoms with Gasteiger partial charge in [0.25, 0.3) is 0 Å². The van der Waals surface area contributed by atoms with E-state index < -0.39 is 5.97 Å². The van der Waals surface area contributed by atoms with E-state index >= 15 is 0 Å². The van der Waals surface area contributed by atoms with Crippen LogP contribution in [0.2, 0.25) is 0 Å². The third-order valence-electron chi connectivity index (χ3n) is 4.39. The second-order valence-corrected chi connectivity index (χ2v) is 5.84. The second-order valence-electron chi connectivity index (χ2n) is 5.84. The molecule has 1 saturated carbocycles. The maximum atomic E-state index is 11.8. The van der Waals surface area contributed by atoms with Crippen LogP contribution in [0.25, 0.3) is 0 Å². The first kappa shape index (κ1) is 14.3. The minimum Gasteiger partial charge on any atom is -0.481 e. The Hall–Kier alpha value is -1.10. The number of amides is 1. The molecule has 2 fully saturated rings. The molecule has 1 amide bonds. The number of rotatable bonds is 5. The molecule has 0 aromatic carbocycles. The molecule has 1 aliphatic carbocycles. The van der Waals surface area contributed by atoms with E-state index in [1.165, 1.54) is 0 Å². The quantitative estimate of drug-likeness (QED) is 0.698. The summed E-state index contributed by atoms with van der Waals surface area (Å²) in [7, 11) is 0. The zero-order chi connectivity index (χ0) is 13.7. The van der Waals surface area contributed by atoms with Crippen LogP contribution in [0.5, 0.6) is 0 Å². The predicted octanol–water partition coefficient (Wildman–Crippen LogP) is 1.14.